The summed E-state index contributed by atoms with van der Waals surface area (Å²) < 4.78 is 1.60. The zero-order valence-electron chi connectivity index (χ0n) is 8.50. The van der Waals surface area contributed by atoms with Gasteiger partial charge in [0, 0.05) is 18.3 Å². The van der Waals surface area contributed by atoms with Crippen LogP contribution in [0.15, 0.2) is 36.7 Å². The third-order valence-electron chi connectivity index (χ3n) is 2.49. The van der Waals surface area contributed by atoms with Gasteiger partial charge < -0.3 is 0 Å². The quantitative estimate of drug-likeness (QED) is 0.716. The fourth-order valence-corrected chi connectivity index (χ4v) is 1.89. The molecule has 6 heteroatoms. The lowest BCUT2D eigenvalue weighted by atomic mass is 10.4. The van der Waals surface area contributed by atoms with Crippen molar-refractivity contribution < 1.29 is 9.59 Å². The number of aromatic nitrogens is 2. The third kappa shape index (κ3) is 1.43. The van der Waals surface area contributed by atoms with Gasteiger partial charge in [-0.25, -0.2) is 9.88 Å². The van der Waals surface area contributed by atoms with E-state index in [1.54, 1.807) is 22.7 Å². The highest BCUT2D eigenvalue weighted by molar-refractivity contribution is 6.30. The predicted octanol–water partition coefficient (Wildman–Crippen LogP) is 1.42. The van der Waals surface area contributed by atoms with E-state index in [-0.39, 0.29) is 11.8 Å². The van der Waals surface area contributed by atoms with Crippen LogP contribution in [0.1, 0.15) is 0 Å². The first-order chi connectivity index (χ1) is 8.16. The molecular formula is C11H6ClN3O2. The average Bonchev–Trinajstić information content (AvgIpc) is 2.83. The van der Waals surface area contributed by atoms with E-state index in [9.17, 15) is 9.59 Å². The van der Waals surface area contributed by atoms with Crippen LogP contribution in [0.3, 0.4) is 0 Å². The lowest BCUT2D eigenvalue weighted by Gasteiger charge is -2.12. The number of nitrogens with zero attached hydrogens (tertiary/aromatic N) is 3. The minimum absolute atomic E-state index is 0.378. The van der Waals surface area contributed by atoms with Crippen molar-refractivity contribution in [1.82, 2.24) is 9.38 Å². The number of imide groups is 1. The van der Waals surface area contributed by atoms with Crippen molar-refractivity contribution in [3.05, 3.63) is 41.7 Å². The number of rotatable bonds is 1. The molecule has 0 aromatic carbocycles. The van der Waals surface area contributed by atoms with Gasteiger partial charge in [0.2, 0.25) is 0 Å². The molecule has 2 aromatic heterocycles. The number of carbonyl (C=O) groups is 2. The van der Waals surface area contributed by atoms with E-state index in [0.717, 1.165) is 4.90 Å². The molecule has 0 unspecified atom stereocenters. The van der Waals surface area contributed by atoms with E-state index in [4.69, 9.17) is 11.6 Å². The first-order valence-corrected chi connectivity index (χ1v) is 5.23. The molecule has 0 saturated heterocycles. The largest absolute Gasteiger partial charge is 0.284 e. The minimum Gasteiger partial charge on any atom is -0.284 e. The van der Waals surface area contributed by atoms with Gasteiger partial charge in [-0.2, -0.15) is 0 Å². The lowest BCUT2D eigenvalue weighted by molar-refractivity contribution is -0.120. The summed E-state index contributed by atoms with van der Waals surface area (Å²) in [5.74, 6) is -0.365. The monoisotopic (exact) mass is 247 g/mol. The molecule has 1 aliphatic rings. The van der Waals surface area contributed by atoms with Gasteiger partial charge in [0.05, 0.1) is 11.2 Å². The standard InChI is InChI=1S/C11H6ClN3O2/c12-7-1-2-8-13-5-9(14(8)6-7)15-10(16)3-4-11(15)17/h1-6H. The summed E-state index contributed by atoms with van der Waals surface area (Å²) in [5.41, 5.74) is 0.622. The maximum Gasteiger partial charge on any atom is 0.259 e. The molecule has 3 rings (SSSR count). The Bertz CT molecular complexity index is 656. The molecular weight excluding hydrogens is 242 g/mol. The van der Waals surface area contributed by atoms with E-state index in [1.807, 2.05) is 0 Å². The highest BCUT2D eigenvalue weighted by Gasteiger charge is 2.27. The van der Waals surface area contributed by atoms with E-state index in [1.165, 1.54) is 18.3 Å². The third-order valence-corrected chi connectivity index (χ3v) is 2.71. The van der Waals surface area contributed by atoms with E-state index in [0.29, 0.717) is 16.5 Å². The number of amides is 2. The maximum absolute atomic E-state index is 11.6. The summed E-state index contributed by atoms with van der Waals surface area (Å²) >= 11 is 5.87. The Morgan fingerprint density at radius 3 is 2.53 bits per heavy atom. The number of halogens is 1. The Morgan fingerprint density at radius 2 is 1.82 bits per heavy atom. The summed E-state index contributed by atoms with van der Waals surface area (Å²) in [6.07, 6.45) is 5.53. The molecule has 0 N–H and O–H groups in total. The zero-order valence-corrected chi connectivity index (χ0v) is 9.26. The number of anilines is 1. The fraction of sp³-hybridized carbons (Fsp3) is 0. The first kappa shape index (κ1) is 10.0. The van der Waals surface area contributed by atoms with Crippen LogP contribution in [-0.4, -0.2) is 21.2 Å². The molecule has 84 valence electrons. The van der Waals surface area contributed by atoms with Crippen LogP contribution < -0.4 is 4.90 Å². The second kappa shape index (κ2) is 3.43. The Morgan fingerprint density at radius 1 is 1.12 bits per heavy atom. The molecule has 2 amide bonds. The van der Waals surface area contributed by atoms with Gasteiger partial charge in [0.1, 0.15) is 11.5 Å². The molecule has 1 aliphatic heterocycles. The van der Waals surface area contributed by atoms with Gasteiger partial charge in [-0.3, -0.25) is 14.0 Å². The van der Waals surface area contributed by atoms with Gasteiger partial charge in [0.25, 0.3) is 11.8 Å². The number of pyridine rings is 1. The molecule has 2 aromatic rings. The van der Waals surface area contributed by atoms with Crippen molar-refractivity contribution in [3.63, 3.8) is 0 Å². The highest BCUT2D eigenvalue weighted by atomic mass is 35.5. The van der Waals surface area contributed by atoms with E-state index < -0.39 is 0 Å². The average molecular weight is 248 g/mol. The molecule has 0 aliphatic carbocycles. The number of hydrogen-bond acceptors (Lipinski definition) is 3. The van der Waals surface area contributed by atoms with Crippen LogP contribution in [0.5, 0.6) is 0 Å². The molecule has 0 spiro atoms. The Labute approximate surface area is 101 Å². The smallest absolute Gasteiger partial charge is 0.259 e. The summed E-state index contributed by atoms with van der Waals surface area (Å²) in [6.45, 7) is 0. The van der Waals surface area contributed by atoms with Crippen molar-refractivity contribution in [3.8, 4) is 0 Å². The molecule has 0 saturated carbocycles. The molecule has 5 nitrogen and oxygen atoms in total. The molecule has 0 atom stereocenters. The van der Waals surface area contributed by atoms with Gasteiger partial charge in [0.15, 0.2) is 0 Å². The number of imidazole rings is 1. The minimum atomic E-state index is -0.378. The predicted molar refractivity (Wildman–Crippen MR) is 61.8 cm³/mol. The zero-order chi connectivity index (χ0) is 12.0. The molecule has 0 bridgehead atoms. The first-order valence-electron chi connectivity index (χ1n) is 4.85. The van der Waals surface area contributed by atoms with Crippen LogP contribution in [0, 0.1) is 0 Å². The second-order valence-corrected chi connectivity index (χ2v) is 3.97. The van der Waals surface area contributed by atoms with Gasteiger partial charge in [-0.15, -0.1) is 0 Å². The molecule has 3 heterocycles. The highest BCUT2D eigenvalue weighted by Crippen LogP contribution is 2.22. The van der Waals surface area contributed by atoms with Gasteiger partial charge in [-0.05, 0) is 12.1 Å². The second-order valence-electron chi connectivity index (χ2n) is 3.54. The van der Waals surface area contributed by atoms with Crippen LogP contribution in [0.2, 0.25) is 5.02 Å². The lowest BCUT2D eigenvalue weighted by Crippen LogP contribution is -2.30. The molecule has 0 fully saturated rings. The summed E-state index contributed by atoms with van der Waals surface area (Å²) in [4.78, 5) is 28.3. The van der Waals surface area contributed by atoms with Crippen LogP contribution in [0.4, 0.5) is 5.82 Å². The Balaban J connectivity index is 2.21. The van der Waals surface area contributed by atoms with E-state index >= 15 is 0 Å². The SMILES string of the molecule is O=C1C=CC(=O)N1c1cnc2ccc(Cl)cn12. The number of fused-ring (bicyclic) bond motifs is 1. The topological polar surface area (TPSA) is 54.7 Å². The van der Waals surface area contributed by atoms with Crippen molar-refractivity contribution >= 4 is 34.9 Å². The van der Waals surface area contributed by atoms with Gasteiger partial charge in [-0.1, -0.05) is 11.6 Å². The summed E-state index contributed by atoms with van der Waals surface area (Å²) in [6, 6.07) is 3.41. The van der Waals surface area contributed by atoms with Crippen molar-refractivity contribution in [2.45, 2.75) is 0 Å². The van der Waals surface area contributed by atoms with Crippen LogP contribution in [-0.2, 0) is 9.59 Å². The molecule has 0 radical (unpaired) electrons. The van der Waals surface area contributed by atoms with Crippen molar-refractivity contribution in [1.29, 1.82) is 0 Å². The van der Waals surface area contributed by atoms with E-state index in [2.05, 4.69) is 4.98 Å². The normalized spacial score (nSPS) is 15.2. The summed E-state index contributed by atoms with van der Waals surface area (Å²) in [5, 5.41) is 0.504. The number of carbonyl (C=O) groups excluding carboxylic acids is 2. The Kier molecular flexibility index (Phi) is 2.02. The number of hydrogen-bond donors (Lipinski definition) is 0. The molecule has 17 heavy (non-hydrogen) atoms. The van der Waals surface area contributed by atoms with Crippen LogP contribution >= 0.6 is 11.6 Å². The summed E-state index contributed by atoms with van der Waals surface area (Å²) in [7, 11) is 0. The fourth-order valence-electron chi connectivity index (χ4n) is 1.73. The maximum atomic E-state index is 11.6. The van der Waals surface area contributed by atoms with Gasteiger partial charge >= 0.3 is 0 Å². The van der Waals surface area contributed by atoms with Crippen molar-refractivity contribution in [2.24, 2.45) is 0 Å². The van der Waals surface area contributed by atoms with Crippen LogP contribution in [0.25, 0.3) is 5.65 Å². The van der Waals surface area contributed by atoms with Crippen molar-refractivity contribution in [2.75, 3.05) is 4.90 Å². The Hall–Kier alpha value is -2.14.